The van der Waals surface area contributed by atoms with Gasteiger partial charge >= 0.3 is 6.18 Å². The molecule has 2 N–H and O–H groups in total. The standard InChI is InChI=1S/C19H18F3N3O2/c20-19(21,22)16-15(11-6-2-1-3-7-11)17-23-10-13(18(27)25(17)24-16)12-8-4-5-9-14(12)26/h4-5,8-11,24,26H,1-3,6-7H2. The number of phenolic OH excluding ortho intramolecular Hbond substituents is 1. The van der Waals surface area contributed by atoms with Gasteiger partial charge in [-0.1, -0.05) is 37.5 Å². The van der Waals surface area contributed by atoms with E-state index >= 15 is 0 Å². The number of aromatic amines is 1. The number of rotatable bonds is 2. The second kappa shape index (κ2) is 6.44. The van der Waals surface area contributed by atoms with Crippen LogP contribution >= 0.6 is 0 Å². The minimum Gasteiger partial charge on any atom is -0.507 e. The van der Waals surface area contributed by atoms with Crippen LogP contribution in [0.25, 0.3) is 16.8 Å². The van der Waals surface area contributed by atoms with Crippen molar-refractivity contribution >= 4 is 5.65 Å². The summed E-state index contributed by atoms with van der Waals surface area (Å²) in [7, 11) is 0. The Bertz CT molecular complexity index is 1050. The van der Waals surface area contributed by atoms with Crippen molar-refractivity contribution in [3.63, 3.8) is 0 Å². The van der Waals surface area contributed by atoms with Crippen LogP contribution in [-0.2, 0) is 6.18 Å². The summed E-state index contributed by atoms with van der Waals surface area (Å²) in [5.74, 6) is -0.411. The summed E-state index contributed by atoms with van der Waals surface area (Å²) in [6, 6.07) is 6.16. The highest BCUT2D eigenvalue weighted by Gasteiger charge is 2.40. The molecule has 27 heavy (non-hydrogen) atoms. The zero-order chi connectivity index (χ0) is 19.2. The number of nitrogens with one attached hydrogen (secondary N) is 1. The third-order valence-corrected chi connectivity index (χ3v) is 5.19. The molecule has 2 aromatic heterocycles. The fraction of sp³-hybridized carbons (Fsp3) is 0.368. The Morgan fingerprint density at radius 1 is 1.11 bits per heavy atom. The van der Waals surface area contributed by atoms with Crippen molar-refractivity contribution in [1.82, 2.24) is 14.6 Å². The van der Waals surface area contributed by atoms with Crippen molar-refractivity contribution < 1.29 is 18.3 Å². The van der Waals surface area contributed by atoms with Crippen LogP contribution in [-0.4, -0.2) is 19.7 Å². The smallest absolute Gasteiger partial charge is 0.433 e. The van der Waals surface area contributed by atoms with Crippen LogP contribution in [0.1, 0.15) is 49.3 Å². The van der Waals surface area contributed by atoms with Crippen LogP contribution in [0.3, 0.4) is 0 Å². The lowest BCUT2D eigenvalue weighted by Crippen LogP contribution is -2.18. The molecule has 1 fully saturated rings. The molecule has 8 heteroatoms. The third-order valence-electron chi connectivity index (χ3n) is 5.19. The van der Waals surface area contributed by atoms with Gasteiger partial charge in [0.05, 0.1) is 5.56 Å². The molecule has 5 nitrogen and oxygen atoms in total. The summed E-state index contributed by atoms with van der Waals surface area (Å²) >= 11 is 0. The molecule has 0 bridgehead atoms. The first-order valence-corrected chi connectivity index (χ1v) is 8.87. The van der Waals surface area contributed by atoms with E-state index in [0.29, 0.717) is 12.8 Å². The Balaban J connectivity index is 1.97. The molecule has 1 aliphatic carbocycles. The zero-order valence-electron chi connectivity index (χ0n) is 14.4. The van der Waals surface area contributed by atoms with Gasteiger partial charge in [-0.2, -0.15) is 13.2 Å². The fourth-order valence-corrected chi connectivity index (χ4v) is 3.91. The fourth-order valence-electron chi connectivity index (χ4n) is 3.91. The van der Waals surface area contributed by atoms with Crippen LogP contribution in [0.5, 0.6) is 5.75 Å². The SMILES string of the molecule is O=c1c(-c2ccccc2O)cnc2c(C3CCCCC3)c(C(F)(F)F)[nH]n12. The van der Waals surface area contributed by atoms with E-state index in [2.05, 4.69) is 10.1 Å². The maximum atomic E-state index is 13.6. The van der Waals surface area contributed by atoms with Gasteiger partial charge in [-0.15, -0.1) is 0 Å². The van der Waals surface area contributed by atoms with E-state index in [-0.39, 0.29) is 34.0 Å². The highest BCUT2D eigenvalue weighted by Crippen LogP contribution is 2.41. The van der Waals surface area contributed by atoms with Gasteiger partial charge in [0.25, 0.3) is 5.56 Å². The van der Waals surface area contributed by atoms with Crippen molar-refractivity contribution in [3.8, 4) is 16.9 Å². The van der Waals surface area contributed by atoms with Gasteiger partial charge in [-0.25, -0.2) is 9.50 Å². The van der Waals surface area contributed by atoms with Crippen LogP contribution < -0.4 is 5.56 Å². The third kappa shape index (κ3) is 2.98. The molecular formula is C19H18F3N3O2. The molecule has 0 radical (unpaired) electrons. The molecule has 0 aliphatic heterocycles. The Labute approximate surface area is 152 Å². The maximum Gasteiger partial charge on any atom is 0.433 e. The molecule has 0 spiro atoms. The largest absolute Gasteiger partial charge is 0.507 e. The van der Waals surface area contributed by atoms with E-state index in [0.717, 1.165) is 23.8 Å². The number of aromatic nitrogens is 3. The topological polar surface area (TPSA) is 70.4 Å². The van der Waals surface area contributed by atoms with E-state index in [1.165, 1.54) is 18.3 Å². The summed E-state index contributed by atoms with van der Waals surface area (Å²) in [5.41, 5.74) is -1.23. The number of fused-ring (bicyclic) bond motifs is 1. The lowest BCUT2D eigenvalue weighted by molar-refractivity contribution is -0.142. The summed E-state index contributed by atoms with van der Waals surface area (Å²) in [5, 5.41) is 12.2. The number of alkyl halides is 3. The lowest BCUT2D eigenvalue weighted by atomic mass is 9.84. The minimum atomic E-state index is -4.61. The average molecular weight is 377 g/mol. The number of aromatic hydroxyl groups is 1. The van der Waals surface area contributed by atoms with Crippen molar-refractivity contribution in [1.29, 1.82) is 0 Å². The number of benzene rings is 1. The second-order valence-corrected chi connectivity index (χ2v) is 6.89. The molecular weight excluding hydrogens is 359 g/mol. The molecule has 142 valence electrons. The molecule has 2 heterocycles. The van der Waals surface area contributed by atoms with Crippen molar-refractivity contribution in [2.75, 3.05) is 0 Å². The minimum absolute atomic E-state index is 0.0124. The van der Waals surface area contributed by atoms with Crippen LogP contribution in [0.4, 0.5) is 13.2 Å². The van der Waals surface area contributed by atoms with E-state index in [1.54, 1.807) is 12.1 Å². The van der Waals surface area contributed by atoms with Gasteiger partial charge in [0.2, 0.25) is 0 Å². The Morgan fingerprint density at radius 2 is 1.81 bits per heavy atom. The summed E-state index contributed by atoms with van der Waals surface area (Å²) in [6.45, 7) is 0. The molecule has 4 rings (SSSR count). The monoisotopic (exact) mass is 377 g/mol. The highest BCUT2D eigenvalue weighted by molar-refractivity contribution is 5.70. The first-order valence-electron chi connectivity index (χ1n) is 8.87. The predicted octanol–water partition coefficient (Wildman–Crippen LogP) is 4.46. The van der Waals surface area contributed by atoms with Crippen LogP contribution in [0.2, 0.25) is 0 Å². The number of hydrogen-bond acceptors (Lipinski definition) is 3. The molecule has 0 amide bonds. The van der Waals surface area contributed by atoms with Gasteiger partial charge in [-0.3, -0.25) is 9.89 Å². The molecule has 1 saturated carbocycles. The lowest BCUT2D eigenvalue weighted by Gasteiger charge is -2.22. The van der Waals surface area contributed by atoms with E-state index < -0.39 is 17.4 Å². The van der Waals surface area contributed by atoms with Gasteiger partial charge in [-0.05, 0) is 24.8 Å². The molecule has 0 saturated heterocycles. The Kier molecular flexibility index (Phi) is 4.20. The number of halogens is 3. The summed E-state index contributed by atoms with van der Waals surface area (Å²) in [4.78, 5) is 17.1. The Hall–Kier alpha value is -2.77. The molecule has 3 aromatic rings. The average Bonchev–Trinajstić information content (AvgIpc) is 3.05. The van der Waals surface area contributed by atoms with Crippen molar-refractivity contribution in [2.24, 2.45) is 0 Å². The maximum absolute atomic E-state index is 13.6. The molecule has 1 aliphatic rings. The van der Waals surface area contributed by atoms with Gasteiger partial charge in [0.1, 0.15) is 11.4 Å². The first kappa shape index (κ1) is 17.6. The Morgan fingerprint density at radius 3 is 2.48 bits per heavy atom. The van der Waals surface area contributed by atoms with Crippen LogP contribution in [0, 0.1) is 0 Å². The first-order chi connectivity index (χ1) is 12.9. The number of para-hydroxylation sites is 1. The molecule has 0 unspecified atom stereocenters. The number of nitrogens with zero attached hydrogens (tertiary/aromatic N) is 2. The quantitative estimate of drug-likeness (QED) is 0.693. The van der Waals surface area contributed by atoms with E-state index in [9.17, 15) is 23.1 Å². The number of phenols is 1. The highest BCUT2D eigenvalue weighted by atomic mass is 19.4. The summed E-state index contributed by atoms with van der Waals surface area (Å²) < 4.78 is 41.8. The second-order valence-electron chi connectivity index (χ2n) is 6.89. The van der Waals surface area contributed by atoms with Gasteiger partial charge in [0, 0.05) is 17.3 Å². The van der Waals surface area contributed by atoms with E-state index in [4.69, 9.17) is 0 Å². The summed E-state index contributed by atoms with van der Waals surface area (Å²) in [6.07, 6.45) is 0.653. The predicted molar refractivity (Wildman–Crippen MR) is 93.7 cm³/mol. The van der Waals surface area contributed by atoms with Crippen molar-refractivity contribution in [2.45, 2.75) is 44.2 Å². The molecule has 1 aromatic carbocycles. The zero-order valence-corrected chi connectivity index (χ0v) is 14.4. The van der Waals surface area contributed by atoms with Gasteiger partial charge in [0.15, 0.2) is 5.65 Å². The molecule has 0 atom stereocenters. The van der Waals surface area contributed by atoms with E-state index in [1.807, 2.05) is 0 Å². The van der Waals surface area contributed by atoms with Crippen molar-refractivity contribution in [3.05, 3.63) is 52.1 Å². The normalized spacial score (nSPS) is 16.1. The van der Waals surface area contributed by atoms with Gasteiger partial charge < -0.3 is 5.11 Å². The number of H-pyrrole nitrogens is 1. The number of hydrogen-bond donors (Lipinski definition) is 2. The van der Waals surface area contributed by atoms with Crippen LogP contribution in [0.15, 0.2) is 35.3 Å².